The maximum absolute atomic E-state index is 13.6. The number of nitrogens with one attached hydrogen (secondary N) is 1. The molecule has 2 aliphatic heterocycles. The monoisotopic (exact) mass is 754 g/mol. The Kier molecular flexibility index (Phi) is 9.20. The number of para-hydroxylation sites is 1. The van der Waals surface area contributed by atoms with Gasteiger partial charge in [-0.15, -0.1) is 11.3 Å². The van der Waals surface area contributed by atoms with Gasteiger partial charge in [0.05, 0.1) is 34.0 Å². The maximum Gasteiger partial charge on any atom is 0.298 e. The van der Waals surface area contributed by atoms with E-state index < -0.39 is 11.4 Å². The number of hydrogen-bond acceptors (Lipinski definition) is 10. The van der Waals surface area contributed by atoms with Gasteiger partial charge in [0.1, 0.15) is 4.83 Å². The number of piperazine rings is 1. The van der Waals surface area contributed by atoms with Gasteiger partial charge in [-0.05, 0) is 66.9 Å². The van der Waals surface area contributed by atoms with Gasteiger partial charge in [0.2, 0.25) is 5.95 Å². The van der Waals surface area contributed by atoms with E-state index in [1.807, 2.05) is 60.8 Å². The second-order valence-electron chi connectivity index (χ2n) is 14.1. The maximum atomic E-state index is 13.6. The van der Waals surface area contributed by atoms with Gasteiger partial charge >= 0.3 is 0 Å². The van der Waals surface area contributed by atoms with Gasteiger partial charge < -0.3 is 30.3 Å². The highest BCUT2D eigenvalue weighted by Gasteiger charge is 2.26. The third-order valence-electron chi connectivity index (χ3n) is 10.6. The number of thiophene rings is 1. The molecule has 3 aromatic carbocycles. The number of carbonyl (C=O) groups excluding carboxylic acids is 1. The number of likely N-dealkylation sites (tertiary alicyclic amines) is 1. The number of fused-ring (bicyclic) bond motifs is 2. The summed E-state index contributed by atoms with van der Waals surface area (Å²) in [5.41, 5.74) is 11.3. The minimum atomic E-state index is -0.428. The average molecular weight is 755 g/mol. The van der Waals surface area contributed by atoms with Crippen LogP contribution in [0.1, 0.15) is 21.7 Å². The van der Waals surface area contributed by atoms with E-state index in [9.17, 15) is 14.0 Å². The topological polar surface area (TPSA) is 130 Å². The third-order valence-corrected chi connectivity index (χ3v) is 11.6. The fourth-order valence-corrected chi connectivity index (χ4v) is 8.56. The number of aromatic nitrogens is 5. The van der Waals surface area contributed by atoms with Gasteiger partial charge in [0, 0.05) is 74.8 Å². The number of amides is 1. The third kappa shape index (κ3) is 7.01. The van der Waals surface area contributed by atoms with Crippen molar-refractivity contribution >= 4 is 55.9 Å². The highest BCUT2D eigenvalue weighted by Crippen LogP contribution is 2.29. The van der Waals surface area contributed by atoms with Crippen molar-refractivity contribution in [1.29, 1.82) is 0 Å². The Hall–Kier alpha value is -6.12. The van der Waals surface area contributed by atoms with Crippen LogP contribution >= 0.6 is 11.3 Å². The molecule has 7 aromatic rings. The molecule has 2 aliphatic rings. The average Bonchev–Trinajstić information content (AvgIpc) is 3.97. The lowest BCUT2D eigenvalue weighted by molar-refractivity contribution is 0.0942. The lowest BCUT2D eigenvalue weighted by Gasteiger charge is -2.36. The summed E-state index contributed by atoms with van der Waals surface area (Å²) in [5, 5.41) is 4.26. The highest BCUT2D eigenvalue weighted by molar-refractivity contribution is 7.20. The van der Waals surface area contributed by atoms with E-state index in [-0.39, 0.29) is 17.8 Å². The summed E-state index contributed by atoms with van der Waals surface area (Å²) in [6.07, 6.45) is 6.21. The van der Waals surface area contributed by atoms with Gasteiger partial charge in [-0.3, -0.25) is 14.2 Å². The molecule has 55 heavy (non-hydrogen) atoms. The van der Waals surface area contributed by atoms with Crippen LogP contribution in [0.15, 0.2) is 108 Å². The predicted octanol–water partition coefficient (Wildman–Crippen LogP) is 5.28. The van der Waals surface area contributed by atoms with Crippen LogP contribution in [-0.2, 0) is 6.42 Å². The van der Waals surface area contributed by atoms with Crippen molar-refractivity contribution in [1.82, 2.24) is 34.3 Å². The van der Waals surface area contributed by atoms with Crippen molar-refractivity contribution in [3.05, 3.63) is 130 Å². The van der Waals surface area contributed by atoms with E-state index in [0.29, 0.717) is 26.9 Å². The zero-order chi connectivity index (χ0) is 37.5. The van der Waals surface area contributed by atoms with Gasteiger partial charge in [0.15, 0.2) is 11.6 Å². The van der Waals surface area contributed by atoms with Crippen molar-refractivity contribution in [3.63, 3.8) is 0 Å². The molecule has 2 fully saturated rings. The summed E-state index contributed by atoms with van der Waals surface area (Å²) in [6.45, 7) is 5.81. The number of hydrogen-bond donors (Lipinski definition) is 2. The molecule has 0 bridgehead atoms. The summed E-state index contributed by atoms with van der Waals surface area (Å²) in [7, 11) is 0. The number of carbonyl (C=O) groups is 1. The Morgan fingerprint density at radius 2 is 1.60 bits per heavy atom. The van der Waals surface area contributed by atoms with Gasteiger partial charge in [0.25, 0.3) is 11.5 Å². The van der Waals surface area contributed by atoms with Gasteiger partial charge in [-0.2, -0.15) is 0 Å². The predicted molar refractivity (Wildman–Crippen MR) is 215 cm³/mol. The van der Waals surface area contributed by atoms with Crippen molar-refractivity contribution in [2.75, 3.05) is 61.3 Å². The number of benzene rings is 3. The van der Waals surface area contributed by atoms with E-state index in [2.05, 4.69) is 63.8 Å². The first-order valence-corrected chi connectivity index (χ1v) is 19.3. The standard InChI is InChI=1S/C41H39FN10O2S/c42-29-24-44-41(45-25-29)50-20-18-49(19-21-50)31-9-6-27(7-10-31)12-15-48-16-14-30(26-48)46-38(53)36-23-35-39(55-36)47-37(43)40(54)52(35)33-11-8-28-13-17-51(34(28)22-33)32-4-2-1-3-5-32/h1-11,13,17,22-25,30H,12,14-16,18-21,26H2,(H2,43,47)(H,46,53). The lowest BCUT2D eigenvalue weighted by atomic mass is 10.1. The molecule has 1 amide bonds. The number of rotatable bonds is 9. The first-order valence-electron chi connectivity index (χ1n) is 18.4. The minimum Gasteiger partial charge on any atom is -0.379 e. The number of halogens is 1. The molecule has 6 heterocycles. The van der Waals surface area contributed by atoms with E-state index >= 15 is 0 Å². The van der Waals surface area contributed by atoms with E-state index in [0.717, 1.165) is 75.2 Å². The van der Waals surface area contributed by atoms with Crippen LogP contribution in [0.25, 0.3) is 32.6 Å². The Balaban J connectivity index is 0.821. The molecule has 4 aromatic heterocycles. The number of anilines is 3. The normalized spacial score (nSPS) is 16.3. The molecular weight excluding hydrogens is 716 g/mol. The molecular formula is C41H39FN10O2S. The number of nitrogens with zero attached hydrogens (tertiary/aromatic N) is 8. The van der Waals surface area contributed by atoms with Crippen molar-refractivity contribution < 1.29 is 9.18 Å². The smallest absolute Gasteiger partial charge is 0.298 e. The van der Waals surface area contributed by atoms with E-state index in [1.165, 1.54) is 35.0 Å². The number of nitrogens with two attached hydrogens (primary N) is 1. The molecule has 0 radical (unpaired) electrons. The van der Waals surface area contributed by atoms with Gasteiger partial charge in [-0.25, -0.2) is 19.3 Å². The Morgan fingerprint density at radius 1 is 0.855 bits per heavy atom. The van der Waals surface area contributed by atoms with Crippen molar-refractivity contribution in [2.45, 2.75) is 18.9 Å². The Labute approximate surface area is 320 Å². The van der Waals surface area contributed by atoms with E-state index in [1.54, 1.807) is 10.6 Å². The summed E-state index contributed by atoms with van der Waals surface area (Å²) in [6, 6.07) is 28.4. The van der Waals surface area contributed by atoms with Crippen LogP contribution in [0.3, 0.4) is 0 Å². The minimum absolute atomic E-state index is 0.0208. The largest absolute Gasteiger partial charge is 0.379 e. The van der Waals surface area contributed by atoms with Crippen LogP contribution in [0, 0.1) is 5.82 Å². The molecule has 1 unspecified atom stereocenters. The molecule has 9 rings (SSSR count). The molecule has 0 saturated carbocycles. The summed E-state index contributed by atoms with van der Waals surface area (Å²) in [5.74, 6) is -0.154. The summed E-state index contributed by atoms with van der Waals surface area (Å²) < 4.78 is 16.9. The summed E-state index contributed by atoms with van der Waals surface area (Å²) in [4.78, 5) is 47.5. The van der Waals surface area contributed by atoms with Crippen LogP contribution in [0.4, 0.5) is 21.8 Å². The highest BCUT2D eigenvalue weighted by atomic mass is 32.1. The number of nitrogen functional groups attached to an aromatic ring is 1. The Morgan fingerprint density at radius 3 is 2.38 bits per heavy atom. The molecule has 3 N–H and O–H groups in total. The second-order valence-corrected chi connectivity index (χ2v) is 15.1. The molecule has 0 aliphatic carbocycles. The zero-order valence-corrected chi connectivity index (χ0v) is 30.8. The van der Waals surface area contributed by atoms with Crippen LogP contribution < -0.4 is 26.4 Å². The van der Waals surface area contributed by atoms with Crippen LogP contribution in [-0.4, -0.2) is 86.7 Å². The first-order chi connectivity index (χ1) is 26.9. The summed E-state index contributed by atoms with van der Waals surface area (Å²) >= 11 is 1.24. The SMILES string of the molecule is Nc1nc2sc(C(=O)NC3CCN(CCc4ccc(N5CCN(c6ncc(F)cn6)CC5)cc4)C3)cc2n(-c2ccc3ccn(-c4ccccc4)c3c2)c1=O. The quantitative estimate of drug-likeness (QED) is 0.202. The first kappa shape index (κ1) is 34.6. The van der Waals surface area contributed by atoms with E-state index in [4.69, 9.17) is 5.73 Å². The zero-order valence-electron chi connectivity index (χ0n) is 30.0. The van der Waals surface area contributed by atoms with Crippen molar-refractivity contribution in [2.24, 2.45) is 0 Å². The molecule has 12 nitrogen and oxygen atoms in total. The van der Waals surface area contributed by atoms with Crippen LogP contribution in [0.2, 0.25) is 0 Å². The molecule has 14 heteroatoms. The van der Waals surface area contributed by atoms with Crippen LogP contribution in [0.5, 0.6) is 0 Å². The Bertz CT molecular complexity index is 2550. The van der Waals surface area contributed by atoms with Gasteiger partial charge in [-0.1, -0.05) is 36.4 Å². The molecule has 0 spiro atoms. The fraction of sp³-hybridized carbons (Fsp3) is 0.244. The van der Waals surface area contributed by atoms with Crippen molar-refractivity contribution in [3.8, 4) is 11.4 Å². The molecule has 2 saturated heterocycles. The molecule has 278 valence electrons. The fourth-order valence-electron chi connectivity index (χ4n) is 7.64. The lowest BCUT2D eigenvalue weighted by Crippen LogP contribution is -2.47. The second kappa shape index (κ2) is 14.6. The molecule has 1 atom stereocenters.